The van der Waals surface area contributed by atoms with Gasteiger partial charge in [-0.2, -0.15) is 0 Å². The molecule has 0 saturated carbocycles. The summed E-state index contributed by atoms with van der Waals surface area (Å²) in [6.07, 6.45) is -1.05. The summed E-state index contributed by atoms with van der Waals surface area (Å²) >= 11 is 6.64. The van der Waals surface area contributed by atoms with Crippen LogP contribution >= 0.6 is 11.6 Å². The van der Waals surface area contributed by atoms with Gasteiger partial charge in [0, 0.05) is 10.9 Å². The van der Waals surface area contributed by atoms with Crippen LogP contribution in [0.2, 0.25) is 5.15 Å². The van der Waals surface area contributed by atoms with Crippen LogP contribution in [0.15, 0.2) is 84.9 Å². The van der Waals surface area contributed by atoms with Crippen molar-refractivity contribution < 1.29 is 18.8 Å². The first kappa shape index (κ1) is 20.8. The van der Waals surface area contributed by atoms with Crippen molar-refractivity contribution in [3.8, 4) is 0 Å². The lowest BCUT2D eigenvalue weighted by Gasteiger charge is -2.29. The molecule has 0 spiro atoms. The number of hydroxylamine groups is 1. The molecule has 0 aliphatic carbocycles. The molecule has 3 heterocycles. The number of aromatic nitrogens is 1. The number of para-hydroxylation sites is 2. The van der Waals surface area contributed by atoms with E-state index in [0.29, 0.717) is 16.9 Å². The van der Waals surface area contributed by atoms with E-state index < -0.39 is 35.7 Å². The third kappa shape index (κ3) is 3.16. The Balaban J connectivity index is 1.49. The number of hydrogen-bond donors (Lipinski definition) is 0. The number of halogens is 2. The van der Waals surface area contributed by atoms with Gasteiger partial charge in [0.2, 0.25) is 5.91 Å². The summed E-state index contributed by atoms with van der Waals surface area (Å²) < 4.78 is 13.5. The number of imide groups is 1. The second-order valence-electron chi connectivity index (χ2n) is 8.21. The van der Waals surface area contributed by atoms with Crippen LogP contribution in [0.3, 0.4) is 0 Å². The van der Waals surface area contributed by atoms with E-state index in [9.17, 15) is 14.0 Å². The second kappa shape index (κ2) is 7.90. The normalized spacial score (nSPS) is 22.0. The molecular formula is C26H17ClFN3O3. The Labute approximate surface area is 199 Å². The molecule has 8 heteroatoms. The fourth-order valence-electron chi connectivity index (χ4n) is 4.69. The zero-order valence-electron chi connectivity index (χ0n) is 17.6. The number of amides is 2. The Morgan fingerprint density at radius 1 is 0.853 bits per heavy atom. The molecule has 0 bridgehead atoms. The van der Waals surface area contributed by atoms with Crippen LogP contribution in [-0.2, 0) is 14.4 Å². The minimum absolute atomic E-state index is 0.231. The number of anilines is 2. The predicted molar refractivity (Wildman–Crippen MR) is 126 cm³/mol. The molecule has 4 aromatic rings. The lowest BCUT2D eigenvalue weighted by atomic mass is 9.90. The van der Waals surface area contributed by atoms with Crippen LogP contribution in [0.25, 0.3) is 10.9 Å². The smallest absolute Gasteiger partial charge is 0.266 e. The topological polar surface area (TPSA) is 62.7 Å². The summed E-state index contributed by atoms with van der Waals surface area (Å²) in [5, 5.41) is 2.66. The van der Waals surface area contributed by atoms with Crippen LogP contribution in [0.1, 0.15) is 11.6 Å². The zero-order chi connectivity index (χ0) is 23.4. The first-order valence-corrected chi connectivity index (χ1v) is 11.1. The summed E-state index contributed by atoms with van der Waals surface area (Å²) in [6.45, 7) is 0. The first-order chi connectivity index (χ1) is 16.5. The largest absolute Gasteiger partial charge is 0.273 e. The molecule has 0 N–H and O–H groups in total. The number of rotatable bonds is 3. The number of hydrogen-bond acceptors (Lipinski definition) is 5. The van der Waals surface area contributed by atoms with Crippen LogP contribution in [-0.4, -0.2) is 22.9 Å². The summed E-state index contributed by atoms with van der Waals surface area (Å²) in [6, 6.07) is 23.2. The van der Waals surface area contributed by atoms with E-state index in [1.54, 1.807) is 5.06 Å². The molecule has 2 aliphatic heterocycles. The average Bonchev–Trinajstić information content (AvgIpc) is 3.36. The van der Waals surface area contributed by atoms with E-state index in [0.717, 1.165) is 15.8 Å². The first-order valence-electron chi connectivity index (χ1n) is 10.7. The third-order valence-electron chi connectivity index (χ3n) is 6.23. The van der Waals surface area contributed by atoms with E-state index in [-0.39, 0.29) is 5.15 Å². The van der Waals surface area contributed by atoms with Crippen molar-refractivity contribution in [2.45, 2.75) is 12.1 Å². The van der Waals surface area contributed by atoms with E-state index in [1.807, 2.05) is 60.7 Å². The Morgan fingerprint density at radius 3 is 2.32 bits per heavy atom. The number of benzene rings is 3. The average molecular weight is 474 g/mol. The summed E-state index contributed by atoms with van der Waals surface area (Å²) in [4.78, 5) is 38.7. The number of nitrogens with zero attached hydrogens (tertiary/aromatic N) is 3. The highest BCUT2D eigenvalue weighted by Gasteiger charge is 2.60. The Kier molecular flexibility index (Phi) is 4.83. The maximum atomic E-state index is 13.7. The van der Waals surface area contributed by atoms with Crippen molar-refractivity contribution in [1.82, 2.24) is 4.98 Å². The summed E-state index contributed by atoms with van der Waals surface area (Å²) in [7, 11) is 0. The molecular weight excluding hydrogens is 457 g/mol. The number of carbonyl (C=O) groups is 2. The molecule has 6 nitrogen and oxygen atoms in total. The van der Waals surface area contributed by atoms with Gasteiger partial charge in [-0.3, -0.25) is 14.4 Å². The number of pyridine rings is 1. The predicted octanol–water partition coefficient (Wildman–Crippen LogP) is 5.08. The lowest BCUT2D eigenvalue weighted by molar-refractivity contribution is -0.126. The van der Waals surface area contributed by atoms with Gasteiger partial charge in [-0.1, -0.05) is 48.0 Å². The van der Waals surface area contributed by atoms with Gasteiger partial charge in [-0.25, -0.2) is 19.3 Å². The maximum absolute atomic E-state index is 13.7. The van der Waals surface area contributed by atoms with Gasteiger partial charge in [0.25, 0.3) is 5.91 Å². The number of fused-ring (bicyclic) bond motifs is 2. The van der Waals surface area contributed by atoms with Crippen LogP contribution in [0.4, 0.5) is 15.8 Å². The monoisotopic (exact) mass is 473 g/mol. The molecule has 0 radical (unpaired) electrons. The Bertz CT molecular complexity index is 1430. The highest BCUT2D eigenvalue weighted by atomic mass is 35.5. The van der Waals surface area contributed by atoms with Crippen LogP contribution < -0.4 is 9.96 Å². The molecule has 168 valence electrons. The van der Waals surface area contributed by atoms with Crippen LogP contribution in [0, 0.1) is 11.7 Å². The minimum Gasteiger partial charge on any atom is -0.273 e. The maximum Gasteiger partial charge on any atom is 0.266 e. The van der Waals surface area contributed by atoms with Gasteiger partial charge in [-0.05, 0) is 48.5 Å². The quantitative estimate of drug-likeness (QED) is 0.307. The molecule has 2 amide bonds. The van der Waals surface area contributed by atoms with Crippen molar-refractivity contribution in [2.75, 3.05) is 9.96 Å². The SMILES string of the molecule is O=C1[C@H]2[C@H](ON(c3ccccc3)[C@H]2c2cc3ccccc3nc2Cl)C(=O)N1c1ccc(F)cc1. The van der Waals surface area contributed by atoms with Gasteiger partial charge >= 0.3 is 0 Å². The van der Waals surface area contributed by atoms with Gasteiger partial charge in [0.1, 0.15) is 16.9 Å². The Hall–Kier alpha value is -3.81. The van der Waals surface area contributed by atoms with Crippen molar-refractivity contribution in [2.24, 2.45) is 5.92 Å². The van der Waals surface area contributed by atoms with E-state index in [4.69, 9.17) is 16.4 Å². The molecule has 0 unspecified atom stereocenters. The van der Waals surface area contributed by atoms with Crippen LogP contribution in [0.5, 0.6) is 0 Å². The standard InChI is InChI=1S/C26H17ClFN3O3/c27-24-19(14-15-6-4-5-9-20(15)29-24)22-21-23(34-31(22)18-7-2-1-3-8-18)26(33)30(25(21)32)17-12-10-16(28)11-13-17/h1-14,21-23H/t21-,22+,23+/m1/s1. The van der Waals surface area contributed by atoms with Gasteiger partial charge < -0.3 is 0 Å². The molecule has 2 aliphatic rings. The van der Waals surface area contributed by atoms with Crippen molar-refractivity contribution in [3.63, 3.8) is 0 Å². The van der Waals surface area contributed by atoms with Gasteiger partial charge in [-0.15, -0.1) is 0 Å². The highest BCUT2D eigenvalue weighted by Crippen LogP contribution is 2.49. The molecule has 2 saturated heterocycles. The summed E-state index contributed by atoms with van der Waals surface area (Å²) in [5.74, 6) is -2.26. The Morgan fingerprint density at radius 2 is 1.56 bits per heavy atom. The van der Waals surface area contributed by atoms with Gasteiger partial charge in [0.05, 0.1) is 22.9 Å². The fraction of sp³-hybridized carbons (Fsp3) is 0.115. The third-order valence-corrected chi connectivity index (χ3v) is 6.54. The van der Waals surface area contributed by atoms with E-state index in [2.05, 4.69) is 4.98 Å². The molecule has 1 aromatic heterocycles. The minimum atomic E-state index is -1.05. The van der Waals surface area contributed by atoms with E-state index in [1.165, 1.54) is 24.3 Å². The summed E-state index contributed by atoms with van der Waals surface area (Å²) in [5.41, 5.74) is 2.28. The van der Waals surface area contributed by atoms with E-state index >= 15 is 0 Å². The van der Waals surface area contributed by atoms with Gasteiger partial charge in [0.15, 0.2) is 6.10 Å². The zero-order valence-corrected chi connectivity index (χ0v) is 18.4. The fourth-order valence-corrected chi connectivity index (χ4v) is 4.95. The molecule has 6 rings (SSSR count). The van der Waals surface area contributed by atoms with Crippen molar-refractivity contribution in [1.29, 1.82) is 0 Å². The molecule has 3 atom stereocenters. The number of carbonyl (C=O) groups excluding carboxylic acids is 2. The van der Waals surface area contributed by atoms with Crippen molar-refractivity contribution in [3.05, 3.63) is 101 Å². The molecule has 34 heavy (non-hydrogen) atoms. The van der Waals surface area contributed by atoms with Crippen molar-refractivity contribution >= 4 is 45.7 Å². The molecule has 2 fully saturated rings. The lowest BCUT2D eigenvalue weighted by Crippen LogP contribution is -2.37. The highest BCUT2D eigenvalue weighted by molar-refractivity contribution is 6.31. The second-order valence-corrected chi connectivity index (χ2v) is 8.57. The molecule has 3 aromatic carbocycles.